The Morgan fingerprint density at radius 1 is 0.867 bits per heavy atom. The highest BCUT2D eigenvalue weighted by molar-refractivity contribution is 6.29. The lowest BCUT2D eigenvalue weighted by Gasteiger charge is -2.05. The molecule has 6 heteroatoms. The highest BCUT2D eigenvalue weighted by Gasteiger charge is 1.99. The van der Waals surface area contributed by atoms with Crippen LogP contribution in [0.2, 0.25) is 5.15 Å². The Hall–Kier alpha value is -3.05. The van der Waals surface area contributed by atoms with Gasteiger partial charge in [-0.3, -0.25) is 14.8 Å². The molecule has 0 fully saturated rings. The van der Waals surface area contributed by atoms with E-state index in [-0.39, 0.29) is 5.78 Å². The van der Waals surface area contributed by atoms with Crippen LogP contribution in [0.3, 0.4) is 0 Å². The number of rotatable bonds is 4. The molecule has 3 aromatic heterocycles. The van der Waals surface area contributed by atoms with Crippen LogP contribution in [0, 0.1) is 20.8 Å². The monoisotopic (exact) mass is 425 g/mol. The molecule has 0 atom stereocenters. The van der Waals surface area contributed by atoms with E-state index in [0.29, 0.717) is 23.2 Å². The Labute approximate surface area is 183 Å². The molecule has 0 aliphatic carbocycles. The number of halogens is 1. The molecule has 158 valence electrons. The van der Waals surface area contributed by atoms with E-state index in [1.165, 1.54) is 6.92 Å². The zero-order valence-corrected chi connectivity index (χ0v) is 18.9. The van der Waals surface area contributed by atoms with Gasteiger partial charge in [-0.05, 0) is 62.6 Å². The topological polar surface area (TPSA) is 65.0 Å². The molecule has 0 unspecified atom stereocenters. The minimum Gasteiger partial charge on any atom is -0.492 e. The van der Waals surface area contributed by atoms with Gasteiger partial charge in [0.05, 0.1) is 6.61 Å². The van der Waals surface area contributed by atoms with Gasteiger partial charge in [0.2, 0.25) is 0 Å². The van der Waals surface area contributed by atoms with E-state index in [1.807, 2.05) is 52.0 Å². The van der Waals surface area contributed by atoms with Crippen LogP contribution in [0.15, 0.2) is 61.6 Å². The van der Waals surface area contributed by atoms with Gasteiger partial charge in [-0.15, -0.1) is 0 Å². The van der Waals surface area contributed by atoms with Crippen molar-refractivity contribution in [2.45, 2.75) is 34.6 Å². The fraction of sp³-hybridized carbons (Fsp3) is 0.250. The van der Waals surface area contributed by atoms with Gasteiger partial charge in [-0.25, -0.2) is 4.98 Å². The zero-order chi connectivity index (χ0) is 22.5. The second-order valence-corrected chi connectivity index (χ2v) is 6.90. The summed E-state index contributed by atoms with van der Waals surface area (Å²) in [5.41, 5.74) is 4.69. The van der Waals surface area contributed by atoms with E-state index in [9.17, 15) is 4.79 Å². The van der Waals surface area contributed by atoms with Gasteiger partial charge >= 0.3 is 0 Å². The molecule has 0 aliphatic heterocycles. The number of carbonyl (C=O) groups is 1. The van der Waals surface area contributed by atoms with Crippen molar-refractivity contribution in [1.29, 1.82) is 0 Å². The summed E-state index contributed by atoms with van der Waals surface area (Å²) in [6.45, 7) is 13.8. The van der Waals surface area contributed by atoms with Gasteiger partial charge in [0.15, 0.2) is 5.78 Å². The summed E-state index contributed by atoms with van der Waals surface area (Å²) in [5.74, 6) is 0.650. The number of pyridine rings is 3. The second-order valence-electron chi connectivity index (χ2n) is 6.51. The largest absolute Gasteiger partial charge is 0.492 e. The van der Waals surface area contributed by atoms with Crippen molar-refractivity contribution in [2.24, 2.45) is 0 Å². The summed E-state index contributed by atoms with van der Waals surface area (Å²) >= 11 is 5.50. The molecule has 0 radical (unpaired) electrons. The van der Waals surface area contributed by atoms with Gasteiger partial charge < -0.3 is 4.74 Å². The number of aromatic nitrogens is 3. The lowest BCUT2D eigenvalue weighted by Crippen LogP contribution is -1.95. The smallest absolute Gasteiger partial charge is 0.178 e. The highest BCUT2D eigenvalue weighted by Crippen LogP contribution is 2.10. The Morgan fingerprint density at radius 3 is 1.67 bits per heavy atom. The number of hydrogen-bond donors (Lipinski definition) is 0. The molecule has 0 aromatic carbocycles. The molecule has 0 spiro atoms. The van der Waals surface area contributed by atoms with Crippen LogP contribution < -0.4 is 0 Å². The van der Waals surface area contributed by atoms with Crippen LogP contribution in [-0.2, 0) is 4.74 Å². The number of carbonyl (C=O) groups excluding carboxylic acids is 1. The van der Waals surface area contributed by atoms with E-state index >= 15 is 0 Å². The molecule has 0 aliphatic rings. The first-order chi connectivity index (χ1) is 14.2. The molecule has 5 nitrogen and oxygen atoms in total. The van der Waals surface area contributed by atoms with Crippen LogP contribution in [0.5, 0.6) is 0 Å². The second kappa shape index (κ2) is 13.2. The van der Waals surface area contributed by atoms with E-state index in [2.05, 4.69) is 21.5 Å². The molecular formula is C24H28ClN3O2. The quantitative estimate of drug-likeness (QED) is 0.290. The molecule has 0 N–H and O–H groups in total. The van der Waals surface area contributed by atoms with Crippen molar-refractivity contribution in [1.82, 2.24) is 15.0 Å². The van der Waals surface area contributed by atoms with Gasteiger partial charge in [0.1, 0.15) is 22.3 Å². The van der Waals surface area contributed by atoms with Gasteiger partial charge in [-0.1, -0.05) is 36.4 Å². The van der Waals surface area contributed by atoms with Crippen LogP contribution in [0.25, 0.3) is 5.76 Å². The Morgan fingerprint density at radius 2 is 1.33 bits per heavy atom. The number of aryl methyl sites for hydroxylation is 3. The predicted molar refractivity (Wildman–Crippen MR) is 123 cm³/mol. The first kappa shape index (κ1) is 25.0. The Kier molecular flexibility index (Phi) is 11.0. The molecule has 3 aromatic rings. The molecule has 0 saturated heterocycles. The van der Waals surface area contributed by atoms with Crippen molar-refractivity contribution >= 4 is 23.1 Å². The fourth-order valence-corrected chi connectivity index (χ4v) is 2.12. The van der Waals surface area contributed by atoms with Crippen molar-refractivity contribution < 1.29 is 9.53 Å². The van der Waals surface area contributed by atoms with Crippen molar-refractivity contribution in [2.75, 3.05) is 6.61 Å². The molecule has 0 saturated carbocycles. The van der Waals surface area contributed by atoms with Crippen molar-refractivity contribution in [3.8, 4) is 0 Å². The van der Waals surface area contributed by atoms with E-state index in [0.717, 1.165) is 22.4 Å². The Bertz CT molecular complexity index is 901. The standard InChI is InChI=1S/C10H13NO.C8H9NO.C6H6ClN/c1-4-12-9(3)10-6-5-8(2)7-11-10;1-6-3-4-8(7(2)10)9-5-6;1-5-2-3-6(7)8-4-5/h5-7H,3-4H2,1-2H3;3-5H,1-2H3;2-4H,1H3. The number of ketones is 1. The minimum atomic E-state index is 0.0139. The highest BCUT2D eigenvalue weighted by atomic mass is 35.5. The Balaban J connectivity index is 0.000000230. The van der Waals surface area contributed by atoms with Gasteiger partial charge in [-0.2, -0.15) is 0 Å². The third-order valence-electron chi connectivity index (χ3n) is 3.66. The third kappa shape index (κ3) is 9.94. The fourth-order valence-electron chi connectivity index (χ4n) is 2.01. The number of Topliss-reactive ketones (excluding diaryl/α,β-unsaturated/α-hetero) is 1. The SMILES string of the molecule is C=C(OCC)c1ccc(C)cn1.CC(=O)c1ccc(C)cn1.Cc1ccc(Cl)nc1. The maximum atomic E-state index is 10.7. The van der Waals surface area contributed by atoms with Crippen molar-refractivity contribution in [3.05, 3.63) is 94.8 Å². The van der Waals surface area contributed by atoms with E-state index < -0.39 is 0 Å². The minimum absolute atomic E-state index is 0.0139. The van der Waals surface area contributed by atoms with Crippen LogP contribution in [0.4, 0.5) is 0 Å². The summed E-state index contributed by atoms with van der Waals surface area (Å²) in [4.78, 5) is 22.6. The molecule has 0 amide bonds. The normalized spacial score (nSPS) is 9.40. The maximum Gasteiger partial charge on any atom is 0.178 e. The van der Waals surface area contributed by atoms with Crippen LogP contribution in [0.1, 0.15) is 46.7 Å². The lowest BCUT2D eigenvalue weighted by molar-refractivity contribution is 0.101. The van der Waals surface area contributed by atoms with Crippen LogP contribution >= 0.6 is 11.6 Å². The first-order valence-electron chi connectivity index (χ1n) is 9.49. The molecule has 3 rings (SSSR count). The summed E-state index contributed by atoms with van der Waals surface area (Å²) in [5, 5.41) is 0.551. The first-order valence-corrected chi connectivity index (χ1v) is 9.87. The molecular weight excluding hydrogens is 398 g/mol. The molecule has 30 heavy (non-hydrogen) atoms. The lowest BCUT2D eigenvalue weighted by atomic mass is 10.2. The van der Waals surface area contributed by atoms with E-state index in [1.54, 1.807) is 30.7 Å². The van der Waals surface area contributed by atoms with Gasteiger partial charge in [0, 0.05) is 25.5 Å². The molecule has 0 bridgehead atoms. The predicted octanol–water partition coefficient (Wildman–Crippen LogP) is 6.03. The summed E-state index contributed by atoms with van der Waals surface area (Å²) in [6.07, 6.45) is 5.23. The summed E-state index contributed by atoms with van der Waals surface area (Å²) in [6, 6.07) is 11.2. The van der Waals surface area contributed by atoms with E-state index in [4.69, 9.17) is 16.3 Å². The average molecular weight is 426 g/mol. The maximum absolute atomic E-state index is 10.7. The van der Waals surface area contributed by atoms with Crippen LogP contribution in [-0.4, -0.2) is 27.3 Å². The molecule has 3 heterocycles. The number of ether oxygens (including phenoxy) is 1. The van der Waals surface area contributed by atoms with Gasteiger partial charge in [0.25, 0.3) is 0 Å². The summed E-state index contributed by atoms with van der Waals surface area (Å²) < 4.78 is 5.21. The average Bonchev–Trinajstić information content (AvgIpc) is 2.72. The zero-order valence-electron chi connectivity index (χ0n) is 18.1. The summed E-state index contributed by atoms with van der Waals surface area (Å²) in [7, 11) is 0. The number of nitrogens with zero attached hydrogens (tertiary/aromatic N) is 3. The van der Waals surface area contributed by atoms with Crippen molar-refractivity contribution in [3.63, 3.8) is 0 Å². The number of hydrogen-bond acceptors (Lipinski definition) is 5. The third-order valence-corrected chi connectivity index (χ3v) is 3.89.